The molecule has 0 spiro atoms. The Kier molecular flexibility index (Phi) is 5.58. The lowest BCUT2D eigenvalue weighted by atomic mass is 10.1. The van der Waals surface area contributed by atoms with Crippen molar-refractivity contribution < 1.29 is 14.6 Å². The van der Waals surface area contributed by atoms with Crippen molar-refractivity contribution >= 4 is 5.95 Å². The maximum Gasteiger partial charge on any atom is 0.252 e. The van der Waals surface area contributed by atoms with Gasteiger partial charge in [-0.25, -0.2) is 4.98 Å². The smallest absolute Gasteiger partial charge is 0.252 e. The van der Waals surface area contributed by atoms with Gasteiger partial charge in [0.05, 0.1) is 38.7 Å². The lowest BCUT2D eigenvalue weighted by molar-refractivity contribution is 0.0816. The van der Waals surface area contributed by atoms with Crippen LogP contribution in [0, 0.1) is 0 Å². The molecule has 0 bridgehead atoms. The first-order valence-electron chi connectivity index (χ1n) is 7.98. The van der Waals surface area contributed by atoms with E-state index >= 15 is 0 Å². The summed E-state index contributed by atoms with van der Waals surface area (Å²) in [5, 5.41) is 8.78. The van der Waals surface area contributed by atoms with Gasteiger partial charge < -0.3 is 19.5 Å². The highest BCUT2D eigenvalue weighted by Gasteiger charge is 2.14. The number of aliphatic hydroxyl groups excluding tert-OH is 1. The molecular weight excluding hydrogens is 310 g/mol. The van der Waals surface area contributed by atoms with Gasteiger partial charge >= 0.3 is 0 Å². The summed E-state index contributed by atoms with van der Waals surface area (Å²) in [7, 11) is 0. The number of nitrogens with one attached hydrogen (secondary N) is 1. The quantitative estimate of drug-likeness (QED) is 0.761. The van der Waals surface area contributed by atoms with Crippen LogP contribution in [0.25, 0.3) is 11.3 Å². The third kappa shape index (κ3) is 4.19. The van der Waals surface area contributed by atoms with Gasteiger partial charge in [-0.15, -0.1) is 0 Å². The van der Waals surface area contributed by atoms with E-state index in [0.29, 0.717) is 51.2 Å². The minimum atomic E-state index is -0.177. The molecule has 128 valence electrons. The fourth-order valence-electron chi connectivity index (χ4n) is 2.59. The molecule has 2 aromatic rings. The minimum Gasteiger partial charge on any atom is -0.394 e. The summed E-state index contributed by atoms with van der Waals surface area (Å²) >= 11 is 0. The van der Waals surface area contributed by atoms with Crippen LogP contribution in [-0.4, -0.2) is 54.6 Å². The van der Waals surface area contributed by atoms with Crippen molar-refractivity contribution in [2.24, 2.45) is 0 Å². The zero-order valence-corrected chi connectivity index (χ0v) is 13.4. The van der Waals surface area contributed by atoms with Crippen LogP contribution in [0.1, 0.15) is 5.56 Å². The van der Waals surface area contributed by atoms with E-state index in [2.05, 4.69) is 9.97 Å². The molecule has 1 saturated heterocycles. The third-order valence-corrected chi connectivity index (χ3v) is 3.77. The van der Waals surface area contributed by atoms with Crippen molar-refractivity contribution in [2.75, 3.05) is 44.4 Å². The summed E-state index contributed by atoms with van der Waals surface area (Å²) in [5.74, 6) is 0.572. The zero-order chi connectivity index (χ0) is 16.8. The lowest BCUT2D eigenvalue weighted by Gasteiger charge is -2.27. The molecule has 7 heteroatoms. The molecule has 0 amide bonds. The Balaban J connectivity index is 1.84. The van der Waals surface area contributed by atoms with Crippen molar-refractivity contribution in [2.45, 2.75) is 6.61 Å². The van der Waals surface area contributed by atoms with Gasteiger partial charge in [-0.05, 0) is 11.6 Å². The highest BCUT2D eigenvalue weighted by molar-refractivity contribution is 5.61. The molecule has 3 rings (SSSR count). The van der Waals surface area contributed by atoms with E-state index in [0.717, 1.165) is 11.1 Å². The van der Waals surface area contributed by atoms with Gasteiger partial charge in [0.15, 0.2) is 0 Å². The molecule has 0 saturated carbocycles. The van der Waals surface area contributed by atoms with Crippen LogP contribution in [0.4, 0.5) is 5.95 Å². The van der Waals surface area contributed by atoms with Gasteiger partial charge in [-0.1, -0.05) is 18.2 Å². The summed E-state index contributed by atoms with van der Waals surface area (Å²) in [5.41, 5.74) is 2.28. The summed E-state index contributed by atoms with van der Waals surface area (Å²) < 4.78 is 10.7. The second-order valence-electron chi connectivity index (χ2n) is 5.53. The van der Waals surface area contributed by atoms with E-state index in [1.165, 1.54) is 6.07 Å². The van der Waals surface area contributed by atoms with Crippen LogP contribution in [0.2, 0.25) is 0 Å². The minimum absolute atomic E-state index is 0.00177. The monoisotopic (exact) mass is 331 g/mol. The van der Waals surface area contributed by atoms with E-state index in [1.807, 2.05) is 29.2 Å². The molecule has 2 heterocycles. The normalized spacial score (nSPS) is 14.8. The number of ether oxygens (including phenoxy) is 2. The Hall–Kier alpha value is -2.22. The van der Waals surface area contributed by atoms with Crippen LogP contribution in [0.15, 0.2) is 35.1 Å². The van der Waals surface area contributed by atoms with Crippen molar-refractivity contribution in [1.82, 2.24) is 9.97 Å². The van der Waals surface area contributed by atoms with Crippen LogP contribution in [0.3, 0.4) is 0 Å². The number of aromatic nitrogens is 2. The van der Waals surface area contributed by atoms with Crippen molar-refractivity contribution in [3.63, 3.8) is 0 Å². The molecule has 0 radical (unpaired) electrons. The molecular formula is C17H21N3O4. The van der Waals surface area contributed by atoms with Crippen molar-refractivity contribution in [1.29, 1.82) is 0 Å². The van der Waals surface area contributed by atoms with E-state index < -0.39 is 0 Å². The largest absolute Gasteiger partial charge is 0.394 e. The second kappa shape index (κ2) is 8.05. The number of anilines is 1. The van der Waals surface area contributed by atoms with Crippen LogP contribution >= 0.6 is 0 Å². The summed E-state index contributed by atoms with van der Waals surface area (Å²) in [4.78, 5) is 21.4. The Morgan fingerprint density at radius 2 is 2.12 bits per heavy atom. The number of H-pyrrole nitrogens is 1. The van der Waals surface area contributed by atoms with Gasteiger partial charge in [0, 0.05) is 24.7 Å². The first-order valence-corrected chi connectivity index (χ1v) is 7.98. The standard InChI is InChI=1S/C17H21N3O4/c21-6-9-24-12-13-2-1-3-14(10-13)15-11-16(22)19-17(18-15)20-4-7-23-8-5-20/h1-3,10-11,21H,4-9,12H2,(H,18,19,22). The molecule has 0 unspecified atom stereocenters. The molecule has 1 aromatic heterocycles. The van der Waals surface area contributed by atoms with Crippen molar-refractivity contribution in [3.05, 3.63) is 46.2 Å². The fraction of sp³-hybridized carbons (Fsp3) is 0.412. The molecule has 0 atom stereocenters. The molecule has 1 fully saturated rings. The Bertz CT molecular complexity index is 726. The Labute approximate surface area is 139 Å². The highest BCUT2D eigenvalue weighted by Crippen LogP contribution is 2.20. The molecule has 1 aliphatic heterocycles. The number of hydrogen-bond acceptors (Lipinski definition) is 6. The fourth-order valence-corrected chi connectivity index (χ4v) is 2.59. The number of aromatic amines is 1. The van der Waals surface area contributed by atoms with Gasteiger partial charge in [0.2, 0.25) is 5.95 Å². The van der Waals surface area contributed by atoms with Crippen LogP contribution < -0.4 is 10.5 Å². The van der Waals surface area contributed by atoms with Gasteiger partial charge in [-0.2, -0.15) is 0 Å². The maximum absolute atomic E-state index is 12.0. The summed E-state index contributed by atoms with van der Waals surface area (Å²) in [6, 6.07) is 9.21. The van der Waals surface area contributed by atoms with Gasteiger partial charge in [-0.3, -0.25) is 9.78 Å². The second-order valence-corrected chi connectivity index (χ2v) is 5.53. The Morgan fingerprint density at radius 3 is 2.92 bits per heavy atom. The molecule has 1 aliphatic rings. The van der Waals surface area contributed by atoms with E-state index in [9.17, 15) is 4.79 Å². The summed E-state index contributed by atoms with van der Waals surface area (Å²) in [6.45, 7) is 3.39. The molecule has 7 nitrogen and oxygen atoms in total. The average molecular weight is 331 g/mol. The van der Waals surface area contributed by atoms with E-state index in [1.54, 1.807) is 0 Å². The highest BCUT2D eigenvalue weighted by atomic mass is 16.5. The number of benzene rings is 1. The predicted molar refractivity (Wildman–Crippen MR) is 90.1 cm³/mol. The maximum atomic E-state index is 12.0. The number of hydrogen-bond donors (Lipinski definition) is 2. The SMILES string of the molecule is O=c1cc(-c2cccc(COCCO)c2)nc(N2CCOCC2)[nH]1. The van der Waals surface area contributed by atoms with Gasteiger partial charge in [0.25, 0.3) is 5.56 Å². The number of rotatable bonds is 6. The van der Waals surface area contributed by atoms with E-state index in [4.69, 9.17) is 14.6 Å². The first kappa shape index (κ1) is 16.6. The molecule has 24 heavy (non-hydrogen) atoms. The van der Waals surface area contributed by atoms with Crippen molar-refractivity contribution in [3.8, 4) is 11.3 Å². The third-order valence-electron chi connectivity index (χ3n) is 3.77. The van der Waals surface area contributed by atoms with Gasteiger partial charge in [0.1, 0.15) is 0 Å². The molecule has 2 N–H and O–H groups in total. The number of morpholine rings is 1. The average Bonchev–Trinajstić information content (AvgIpc) is 2.62. The lowest BCUT2D eigenvalue weighted by Crippen LogP contribution is -2.38. The number of nitrogens with zero attached hydrogens (tertiary/aromatic N) is 2. The first-order chi connectivity index (χ1) is 11.8. The molecule has 0 aliphatic carbocycles. The summed E-state index contributed by atoms with van der Waals surface area (Å²) in [6.07, 6.45) is 0. The topological polar surface area (TPSA) is 87.7 Å². The predicted octanol–water partition coefficient (Wildman–Crippen LogP) is 0.782. The Morgan fingerprint density at radius 1 is 1.29 bits per heavy atom. The number of aliphatic hydroxyl groups is 1. The van der Waals surface area contributed by atoms with Crippen LogP contribution in [0.5, 0.6) is 0 Å². The zero-order valence-electron chi connectivity index (χ0n) is 13.4. The van der Waals surface area contributed by atoms with E-state index in [-0.39, 0.29) is 12.2 Å². The van der Waals surface area contributed by atoms with Crippen LogP contribution in [-0.2, 0) is 16.1 Å². The molecule has 1 aromatic carbocycles.